The van der Waals surface area contributed by atoms with E-state index < -0.39 is 11.6 Å². The zero-order valence-electron chi connectivity index (χ0n) is 21.6. The topological polar surface area (TPSA) is 102 Å². The van der Waals surface area contributed by atoms with E-state index in [1.54, 1.807) is 41.3 Å². The highest BCUT2D eigenvalue weighted by Crippen LogP contribution is 2.35. The van der Waals surface area contributed by atoms with Crippen molar-refractivity contribution in [3.8, 4) is 5.75 Å². The molecule has 9 nitrogen and oxygen atoms in total. The van der Waals surface area contributed by atoms with Gasteiger partial charge in [-0.1, -0.05) is 36.4 Å². The molecule has 4 rings (SSSR count). The molecule has 0 aliphatic heterocycles. The van der Waals surface area contributed by atoms with E-state index in [4.69, 9.17) is 4.74 Å². The number of amides is 2. The van der Waals surface area contributed by atoms with E-state index in [0.29, 0.717) is 29.1 Å². The van der Waals surface area contributed by atoms with Crippen LogP contribution in [0.15, 0.2) is 73.1 Å². The number of para-hydroxylation sites is 3. The van der Waals surface area contributed by atoms with E-state index in [1.807, 2.05) is 64.1 Å². The molecule has 9 heteroatoms. The van der Waals surface area contributed by atoms with E-state index in [1.165, 1.54) is 4.90 Å². The Morgan fingerprint density at radius 2 is 1.73 bits per heavy atom. The van der Waals surface area contributed by atoms with Crippen LogP contribution < -0.4 is 15.0 Å². The molecule has 37 heavy (non-hydrogen) atoms. The quantitative estimate of drug-likeness (QED) is 0.348. The largest absolute Gasteiger partial charge is 0.492 e. The average molecular weight is 501 g/mol. The molecule has 0 saturated heterocycles. The normalized spacial score (nSPS) is 12.2. The second-order valence-electron chi connectivity index (χ2n) is 9.31. The molecular weight excluding hydrogens is 468 g/mol. The van der Waals surface area contributed by atoms with Gasteiger partial charge in [0.2, 0.25) is 11.8 Å². The summed E-state index contributed by atoms with van der Waals surface area (Å²) in [5.74, 6) is -0.140. The Balaban J connectivity index is 1.85. The molecule has 2 amide bonds. The molecule has 2 aromatic carbocycles. The maximum absolute atomic E-state index is 14.2. The van der Waals surface area contributed by atoms with Crippen LogP contribution in [0.4, 0.5) is 5.69 Å². The highest BCUT2D eigenvalue weighted by molar-refractivity contribution is 6.02. The van der Waals surface area contributed by atoms with Gasteiger partial charge in [0.1, 0.15) is 23.9 Å². The van der Waals surface area contributed by atoms with Crippen LogP contribution in [0, 0.1) is 0 Å². The molecule has 2 aromatic heterocycles. The summed E-state index contributed by atoms with van der Waals surface area (Å²) in [5, 5.41) is 11.5. The summed E-state index contributed by atoms with van der Waals surface area (Å²) in [5.41, 5.74) is 2.06. The number of nitrogens with zero attached hydrogens (tertiary/aromatic N) is 5. The number of fused-ring (bicyclic) bond motifs is 1. The predicted octanol–water partition coefficient (Wildman–Crippen LogP) is 4.30. The number of nitrogens with one attached hydrogen (secondary N) is 1. The van der Waals surface area contributed by atoms with Crippen LogP contribution in [0.25, 0.3) is 11.0 Å². The third-order valence-corrected chi connectivity index (χ3v) is 6.27. The zero-order valence-corrected chi connectivity index (χ0v) is 21.6. The van der Waals surface area contributed by atoms with Crippen molar-refractivity contribution in [2.24, 2.45) is 0 Å². The number of anilines is 1. The molecule has 2 heterocycles. The van der Waals surface area contributed by atoms with Crippen LogP contribution in [0.3, 0.4) is 0 Å². The van der Waals surface area contributed by atoms with Crippen LogP contribution in [-0.4, -0.2) is 43.9 Å². The minimum atomic E-state index is -0.974. The summed E-state index contributed by atoms with van der Waals surface area (Å²) < 4.78 is 7.44. The SMILES string of the molecule is CCOc1ccccc1N(C(=O)Cn1nnc2ccccc21)C(C(=O)NC(C)(C)CC)c1ccncc1. The molecule has 1 N–H and O–H groups in total. The minimum absolute atomic E-state index is 0.118. The molecule has 1 atom stereocenters. The smallest absolute Gasteiger partial charge is 0.249 e. The highest BCUT2D eigenvalue weighted by atomic mass is 16.5. The number of hydrogen-bond donors (Lipinski definition) is 1. The predicted molar refractivity (Wildman–Crippen MR) is 142 cm³/mol. The number of aromatic nitrogens is 4. The maximum Gasteiger partial charge on any atom is 0.249 e. The van der Waals surface area contributed by atoms with Gasteiger partial charge in [0, 0.05) is 17.9 Å². The Hall–Kier alpha value is -4.27. The summed E-state index contributed by atoms with van der Waals surface area (Å²) in [6.07, 6.45) is 3.95. The Morgan fingerprint density at radius 3 is 2.46 bits per heavy atom. The molecule has 0 radical (unpaired) electrons. The van der Waals surface area contributed by atoms with Crippen molar-refractivity contribution in [1.29, 1.82) is 0 Å². The van der Waals surface area contributed by atoms with Crippen molar-refractivity contribution in [3.63, 3.8) is 0 Å². The van der Waals surface area contributed by atoms with Crippen molar-refractivity contribution < 1.29 is 14.3 Å². The zero-order chi connectivity index (χ0) is 26.4. The summed E-state index contributed by atoms with van der Waals surface area (Å²) >= 11 is 0. The lowest BCUT2D eigenvalue weighted by molar-refractivity contribution is -0.128. The third-order valence-electron chi connectivity index (χ3n) is 6.27. The fraction of sp³-hybridized carbons (Fsp3) is 0.321. The Labute approximate surface area is 216 Å². The molecular formula is C28H32N6O3. The molecule has 0 saturated carbocycles. The molecule has 0 aliphatic carbocycles. The molecule has 0 bridgehead atoms. The fourth-order valence-corrected chi connectivity index (χ4v) is 4.04. The van der Waals surface area contributed by atoms with Gasteiger partial charge in [-0.25, -0.2) is 4.68 Å². The molecule has 0 aliphatic rings. The van der Waals surface area contributed by atoms with Crippen LogP contribution in [0.5, 0.6) is 5.75 Å². The first-order chi connectivity index (χ1) is 17.8. The molecule has 4 aromatic rings. The number of carbonyl (C=O) groups is 2. The van der Waals surface area contributed by atoms with Gasteiger partial charge in [0.15, 0.2) is 0 Å². The molecule has 0 spiro atoms. The molecule has 1 unspecified atom stereocenters. The van der Waals surface area contributed by atoms with Crippen molar-refractivity contribution in [2.75, 3.05) is 11.5 Å². The summed E-state index contributed by atoms with van der Waals surface area (Å²) in [4.78, 5) is 33.7. The lowest BCUT2D eigenvalue weighted by atomic mass is 9.98. The van der Waals surface area contributed by atoms with Gasteiger partial charge in [-0.05, 0) is 69.2 Å². The van der Waals surface area contributed by atoms with E-state index in [0.717, 1.165) is 11.9 Å². The highest BCUT2D eigenvalue weighted by Gasteiger charge is 2.36. The standard InChI is InChI=1S/C28H32N6O3/c1-5-28(3,4)30-27(36)26(20-15-17-29-18-16-20)34(23-13-9-10-14-24(23)37-6-2)25(35)19-33-22-12-8-7-11-21(22)31-32-33/h7-18,26H,5-6,19H2,1-4H3,(H,30,36). The Bertz CT molecular complexity index is 1370. The number of carbonyl (C=O) groups excluding carboxylic acids is 2. The average Bonchev–Trinajstić information content (AvgIpc) is 3.30. The van der Waals surface area contributed by atoms with E-state index >= 15 is 0 Å². The van der Waals surface area contributed by atoms with Crippen LogP contribution in [-0.2, 0) is 16.1 Å². The first-order valence-corrected chi connectivity index (χ1v) is 12.4. The van der Waals surface area contributed by atoms with E-state index in [-0.39, 0.29) is 18.4 Å². The number of benzene rings is 2. The van der Waals surface area contributed by atoms with Gasteiger partial charge in [-0.15, -0.1) is 5.10 Å². The van der Waals surface area contributed by atoms with Gasteiger partial charge < -0.3 is 10.1 Å². The summed E-state index contributed by atoms with van der Waals surface area (Å²) in [7, 11) is 0. The monoisotopic (exact) mass is 500 g/mol. The van der Waals surface area contributed by atoms with Crippen molar-refractivity contribution in [1.82, 2.24) is 25.3 Å². The second kappa shape index (κ2) is 11.2. The van der Waals surface area contributed by atoms with Crippen molar-refractivity contribution in [3.05, 3.63) is 78.6 Å². The fourth-order valence-electron chi connectivity index (χ4n) is 4.04. The van der Waals surface area contributed by atoms with E-state index in [9.17, 15) is 9.59 Å². The second-order valence-corrected chi connectivity index (χ2v) is 9.31. The third kappa shape index (κ3) is 5.77. The van der Waals surface area contributed by atoms with Gasteiger partial charge >= 0.3 is 0 Å². The van der Waals surface area contributed by atoms with Gasteiger partial charge in [-0.3, -0.25) is 19.5 Å². The first-order valence-electron chi connectivity index (χ1n) is 12.4. The van der Waals surface area contributed by atoms with Gasteiger partial charge in [-0.2, -0.15) is 0 Å². The number of rotatable bonds is 10. The number of ether oxygens (including phenoxy) is 1. The van der Waals surface area contributed by atoms with Crippen molar-refractivity contribution in [2.45, 2.75) is 52.2 Å². The van der Waals surface area contributed by atoms with Gasteiger partial charge in [0.05, 0.1) is 17.8 Å². The minimum Gasteiger partial charge on any atom is -0.492 e. The lowest BCUT2D eigenvalue weighted by Gasteiger charge is -2.35. The van der Waals surface area contributed by atoms with Crippen LogP contribution >= 0.6 is 0 Å². The van der Waals surface area contributed by atoms with E-state index in [2.05, 4.69) is 20.6 Å². The lowest BCUT2D eigenvalue weighted by Crippen LogP contribution is -2.51. The number of hydrogen-bond acceptors (Lipinski definition) is 6. The summed E-state index contributed by atoms with van der Waals surface area (Å²) in [6.45, 7) is 8.08. The first kappa shape index (κ1) is 25.8. The molecule has 0 fully saturated rings. The van der Waals surface area contributed by atoms with Crippen LogP contribution in [0.1, 0.15) is 45.7 Å². The maximum atomic E-state index is 14.2. The Kier molecular flexibility index (Phi) is 7.81. The van der Waals surface area contributed by atoms with Crippen molar-refractivity contribution >= 4 is 28.5 Å². The van der Waals surface area contributed by atoms with Gasteiger partial charge in [0.25, 0.3) is 0 Å². The van der Waals surface area contributed by atoms with Crippen LogP contribution in [0.2, 0.25) is 0 Å². The number of pyridine rings is 1. The molecule has 192 valence electrons. The Morgan fingerprint density at radius 1 is 1.03 bits per heavy atom. The summed E-state index contributed by atoms with van der Waals surface area (Å²) in [6, 6.07) is 17.2.